The van der Waals surface area contributed by atoms with Gasteiger partial charge in [0.2, 0.25) is 5.78 Å². The van der Waals surface area contributed by atoms with E-state index in [1.165, 1.54) is 6.92 Å². The second-order valence-corrected chi connectivity index (χ2v) is 9.81. The molecule has 0 amide bonds. The first-order valence-corrected chi connectivity index (χ1v) is 10.5. The SMILES string of the molecule is CC(=O)OCC(=O)[C@]1(O)CC[C@@H]2[C@H]3CCC4=CC(=O)C=C[C@@]4(C)[C@@H]3[C@@H](O)C[C@@]21C. The number of hydrogen-bond donors (Lipinski definition) is 2. The quantitative estimate of drug-likeness (QED) is 0.702. The molecule has 0 radical (unpaired) electrons. The van der Waals surface area contributed by atoms with E-state index in [-0.39, 0.29) is 29.0 Å². The third kappa shape index (κ3) is 2.79. The number of carbonyl (C=O) groups excluding carboxylic acids is 3. The van der Waals surface area contributed by atoms with Gasteiger partial charge in [0.25, 0.3) is 0 Å². The Kier molecular flexibility index (Phi) is 4.67. The van der Waals surface area contributed by atoms with Gasteiger partial charge in [-0.1, -0.05) is 25.5 Å². The number of hydrogen-bond acceptors (Lipinski definition) is 6. The van der Waals surface area contributed by atoms with Gasteiger partial charge in [-0.25, -0.2) is 0 Å². The Hall–Kier alpha value is -1.79. The molecule has 4 aliphatic carbocycles. The number of Topliss-reactive ketones (excluding diaryl/α,β-unsaturated/α-hetero) is 1. The Balaban J connectivity index is 1.66. The second kappa shape index (κ2) is 6.61. The molecule has 6 heteroatoms. The molecule has 4 aliphatic rings. The van der Waals surface area contributed by atoms with Crippen molar-refractivity contribution in [2.24, 2.45) is 28.6 Å². The van der Waals surface area contributed by atoms with Crippen LogP contribution in [0.1, 0.15) is 52.9 Å². The maximum atomic E-state index is 12.9. The van der Waals surface area contributed by atoms with Crippen LogP contribution in [0.5, 0.6) is 0 Å². The summed E-state index contributed by atoms with van der Waals surface area (Å²) in [7, 11) is 0. The van der Waals surface area contributed by atoms with E-state index in [0.29, 0.717) is 19.3 Å². The van der Waals surface area contributed by atoms with Gasteiger partial charge in [0.1, 0.15) is 5.60 Å². The summed E-state index contributed by atoms with van der Waals surface area (Å²) in [6, 6.07) is 0. The number of carbonyl (C=O) groups is 3. The summed E-state index contributed by atoms with van der Waals surface area (Å²) in [5, 5.41) is 22.7. The molecule has 4 rings (SSSR count). The van der Waals surface area contributed by atoms with E-state index in [2.05, 4.69) is 6.92 Å². The third-order valence-electron chi connectivity index (χ3n) is 8.52. The van der Waals surface area contributed by atoms with Gasteiger partial charge >= 0.3 is 5.97 Å². The lowest BCUT2D eigenvalue weighted by molar-refractivity contribution is -0.181. The molecule has 29 heavy (non-hydrogen) atoms. The molecular formula is C23H30O6. The van der Waals surface area contributed by atoms with Gasteiger partial charge in [-0.05, 0) is 56.1 Å². The second-order valence-electron chi connectivity index (χ2n) is 9.81. The van der Waals surface area contributed by atoms with Crippen LogP contribution in [-0.2, 0) is 19.1 Å². The lowest BCUT2D eigenvalue weighted by atomic mass is 9.46. The number of fused-ring (bicyclic) bond motifs is 5. The summed E-state index contributed by atoms with van der Waals surface area (Å²) in [6.07, 6.45) is 7.50. The van der Waals surface area contributed by atoms with Gasteiger partial charge in [-0.3, -0.25) is 14.4 Å². The largest absolute Gasteiger partial charge is 0.458 e. The van der Waals surface area contributed by atoms with Gasteiger partial charge in [0.05, 0.1) is 6.10 Å². The molecule has 0 aromatic heterocycles. The fourth-order valence-electron chi connectivity index (χ4n) is 7.08. The smallest absolute Gasteiger partial charge is 0.303 e. The highest BCUT2D eigenvalue weighted by Gasteiger charge is 2.68. The molecular weight excluding hydrogens is 372 g/mol. The number of ketones is 2. The number of aliphatic hydroxyl groups excluding tert-OH is 1. The fourth-order valence-corrected chi connectivity index (χ4v) is 7.08. The normalized spacial score (nSPS) is 45.7. The monoisotopic (exact) mass is 402 g/mol. The van der Waals surface area contributed by atoms with Crippen molar-refractivity contribution in [3.63, 3.8) is 0 Å². The predicted octanol–water partition coefficient (Wildman–Crippen LogP) is 2.13. The van der Waals surface area contributed by atoms with Crippen LogP contribution in [0.4, 0.5) is 0 Å². The van der Waals surface area contributed by atoms with E-state index in [4.69, 9.17) is 4.74 Å². The molecule has 158 valence electrons. The molecule has 0 aliphatic heterocycles. The molecule has 2 N–H and O–H groups in total. The molecule has 0 bridgehead atoms. The van der Waals surface area contributed by atoms with Crippen LogP contribution in [0.2, 0.25) is 0 Å². The van der Waals surface area contributed by atoms with Gasteiger partial charge in [0.15, 0.2) is 12.4 Å². The van der Waals surface area contributed by atoms with Crippen LogP contribution >= 0.6 is 0 Å². The summed E-state index contributed by atoms with van der Waals surface area (Å²) in [4.78, 5) is 35.9. The van der Waals surface area contributed by atoms with E-state index < -0.39 is 35.5 Å². The van der Waals surface area contributed by atoms with Gasteiger partial charge in [-0.15, -0.1) is 0 Å². The summed E-state index contributed by atoms with van der Waals surface area (Å²) in [5.74, 6) is -0.836. The van der Waals surface area contributed by atoms with Crippen LogP contribution in [0.15, 0.2) is 23.8 Å². The summed E-state index contributed by atoms with van der Waals surface area (Å²) < 4.78 is 4.88. The highest BCUT2D eigenvalue weighted by atomic mass is 16.5. The number of aliphatic hydroxyl groups is 2. The van der Waals surface area contributed by atoms with Crippen molar-refractivity contribution in [2.45, 2.75) is 64.6 Å². The third-order valence-corrected chi connectivity index (χ3v) is 8.52. The minimum atomic E-state index is -1.60. The van der Waals surface area contributed by atoms with Gasteiger partial charge in [-0.2, -0.15) is 0 Å². The van der Waals surface area contributed by atoms with Crippen molar-refractivity contribution >= 4 is 17.5 Å². The van der Waals surface area contributed by atoms with Crippen LogP contribution in [0, 0.1) is 28.6 Å². The average Bonchev–Trinajstić information content (AvgIpc) is 2.91. The Morgan fingerprint density at radius 3 is 2.69 bits per heavy atom. The lowest BCUT2D eigenvalue weighted by Gasteiger charge is -2.59. The van der Waals surface area contributed by atoms with Crippen molar-refractivity contribution in [1.29, 1.82) is 0 Å². The lowest BCUT2D eigenvalue weighted by Crippen LogP contribution is -2.61. The highest BCUT2D eigenvalue weighted by molar-refractivity contribution is 6.01. The summed E-state index contributed by atoms with van der Waals surface area (Å²) in [5.41, 5.74) is -1.67. The molecule has 0 spiro atoms. The fraction of sp³-hybridized carbons (Fsp3) is 0.696. The molecule has 0 aromatic rings. The minimum Gasteiger partial charge on any atom is -0.458 e. The minimum absolute atomic E-state index is 0.00243. The first kappa shape index (κ1) is 20.5. The molecule has 0 aromatic carbocycles. The predicted molar refractivity (Wildman–Crippen MR) is 105 cm³/mol. The Morgan fingerprint density at radius 2 is 2.00 bits per heavy atom. The van der Waals surface area contributed by atoms with Crippen LogP contribution < -0.4 is 0 Å². The first-order chi connectivity index (χ1) is 13.5. The number of allylic oxidation sites excluding steroid dienone is 4. The van der Waals surface area contributed by atoms with E-state index in [1.807, 2.05) is 13.0 Å². The van der Waals surface area contributed by atoms with E-state index >= 15 is 0 Å². The summed E-state index contributed by atoms with van der Waals surface area (Å²) >= 11 is 0. The van der Waals surface area contributed by atoms with E-state index in [1.54, 1.807) is 12.2 Å². The maximum Gasteiger partial charge on any atom is 0.303 e. The highest BCUT2D eigenvalue weighted by Crippen LogP contribution is 2.67. The molecule has 7 atom stereocenters. The van der Waals surface area contributed by atoms with Crippen molar-refractivity contribution in [1.82, 2.24) is 0 Å². The molecule has 3 saturated carbocycles. The van der Waals surface area contributed by atoms with Gasteiger partial charge in [0, 0.05) is 23.7 Å². The van der Waals surface area contributed by atoms with Crippen molar-refractivity contribution < 1.29 is 29.3 Å². The van der Waals surface area contributed by atoms with E-state index in [9.17, 15) is 24.6 Å². The Morgan fingerprint density at radius 1 is 1.28 bits per heavy atom. The van der Waals surface area contributed by atoms with Crippen LogP contribution in [0.3, 0.4) is 0 Å². The molecule has 6 nitrogen and oxygen atoms in total. The van der Waals surface area contributed by atoms with Gasteiger partial charge < -0.3 is 14.9 Å². The Labute approximate surface area is 171 Å². The zero-order valence-electron chi connectivity index (χ0n) is 17.3. The number of ether oxygens (including phenoxy) is 1. The molecule has 0 unspecified atom stereocenters. The number of rotatable bonds is 3. The maximum absolute atomic E-state index is 12.9. The standard InChI is InChI=1S/C23H30O6/c1-13(24)29-12-19(27)23(28)9-7-17-16-5-4-14-10-15(25)6-8-21(14,2)20(16)18(26)11-22(17,23)3/h6,8,10,16-18,20,26,28H,4-5,7,9,11-12H2,1-3H3/t16-,17-,18+,20+,21-,22+,23-/m1/s1. The van der Waals surface area contributed by atoms with Crippen molar-refractivity contribution in [3.8, 4) is 0 Å². The topological polar surface area (TPSA) is 101 Å². The van der Waals surface area contributed by atoms with Crippen molar-refractivity contribution in [2.75, 3.05) is 6.61 Å². The van der Waals surface area contributed by atoms with Crippen LogP contribution in [0.25, 0.3) is 0 Å². The molecule has 0 heterocycles. The van der Waals surface area contributed by atoms with Crippen molar-refractivity contribution in [3.05, 3.63) is 23.8 Å². The average molecular weight is 402 g/mol. The number of esters is 1. The molecule has 0 saturated heterocycles. The Bertz CT molecular complexity index is 827. The summed E-state index contributed by atoms with van der Waals surface area (Å²) in [6.45, 7) is 4.80. The zero-order chi connectivity index (χ0) is 21.2. The van der Waals surface area contributed by atoms with E-state index in [0.717, 1.165) is 18.4 Å². The first-order valence-electron chi connectivity index (χ1n) is 10.5. The zero-order valence-corrected chi connectivity index (χ0v) is 17.3. The molecule has 3 fully saturated rings. The van der Waals surface area contributed by atoms with Crippen LogP contribution in [-0.4, -0.2) is 46.1 Å².